The van der Waals surface area contributed by atoms with E-state index in [2.05, 4.69) is 107 Å². The Labute approximate surface area is 172 Å². The first-order chi connectivity index (χ1) is 14.3. The van der Waals surface area contributed by atoms with E-state index in [9.17, 15) is 0 Å². The minimum absolute atomic E-state index is 0.0272. The Balaban J connectivity index is 1.92. The molecule has 0 radical (unpaired) electrons. The second-order valence-corrected chi connectivity index (χ2v) is 7.38. The normalized spacial score (nSPS) is 12.5. The number of nitrogens with zero attached hydrogens (tertiary/aromatic N) is 3. The van der Waals surface area contributed by atoms with Crippen LogP contribution in [0.2, 0.25) is 0 Å². The number of aromatic nitrogens is 2. The van der Waals surface area contributed by atoms with E-state index in [0.717, 1.165) is 12.4 Å². The van der Waals surface area contributed by atoms with Crippen LogP contribution in [-0.4, -0.2) is 18.5 Å². The van der Waals surface area contributed by atoms with Gasteiger partial charge in [0.05, 0.1) is 6.20 Å². The summed E-state index contributed by atoms with van der Waals surface area (Å²) in [6.07, 6.45) is 4.00. The second kappa shape index (κ2) is 7.21. The molecule has 0 saturated carbocycles. The zero-order valence-corrected chi connectivity index (χ0v) is 16.8. The van der Waals surface area contributed by atoms with Gasteiger partial charge in [0, 0.05) is 36.2 Å². The van der Waals surface area contributed by atoms with E-state index in [1.165, 1.54) is 33.4 Å². The van der Waals surface area contributed by atoms with Gasteiger partial charge in [0.2, 0.25) is 0 Å². The first-order valence-corrected chi connectivity index (χ1v) is 10.2. The molecule has 4 aromatic rings. The molecule has 3 aromatic carbocycles. The molecule has 0 fully saturated rings. The van der Waals surface area contributed by atoms with Crippen LogP contribution < -0.4 is 14.8 Å². The average Bonchev–Trinajstić information content (AvgIpc) is 2.77. The van der Waals surface area contributed by atoms with Crippen LogP contribution in [0.25, 0.3) is 22.3 Å². The van der Waals surface area contributed by atoms with Crippen molar-refractivity contribution in [3.63, 3.8) is 0 Å². The molecule has 140 valence electrons. The van der Waals surface area contributed by atoms with Crippen molar-refractivity contribution in [1.29, 1.82) is 0 Å². The van der Waals surface area contributed by atoms with Gasteiger partial charge in [-0.2, -0.15) is 0 Å². The highest BCUT2D eigenvalue weighted by molar-refractivity contribution is 6.71. The maximum absolute atomic E-state index is 4.59. The minimum atomic E-state index is 0.0272. The summed E-state index contributed by atoms with van der Waals surface area (Å²) in [7, 11) is 0. The average molecular weight is 376 g/mol. The van der Waals surface area contributed by atoms with Gasteiger partial charge in [-0.3, -0.25) is 4.48 Å². The van der Waals surface area contributed by atoms with Gasteiger partial charge in [0.1, 0.15) is 6.20 Å². The van der Waals surface area contributed by atoms with Gasteiger partial charge in [-0.1, -0.05) is 71.7 Å². The molecule has 0 atom stereocenters. The Kier molecular flexibility index (Phi) is 4.40. The van der Waals surface area contributed by atoms with Gasteiger partial charge in [-0.05, 0) is 29.7 Å². The highest BCUT2D eigenvalue weighted by atomic mass is 15.2. The molecule has 5 rings (SSSR count). The lowest BCUT2D eigenvalue weighted by atomic mass is 9.60. The highest BCUT2D eigenvalue weighted by Crippen LogP contribution is 2.39. The summed E-state index contributed by atoms with van der Waals surface area (Å²) in [4.78, 5) is 7.07. The number of benzene rings is 3. The molecule has 1 aromatic heterocycles. The number of fused-ring (bicyclic) bond motifs is 5. The van der Waals surface area contributed by atoms with Crippen LogP contribution >= 0.6 is 0 Å². The zero-order valence-electron chi connectivity index (χ0n) is 16.8. The SMILES string of the molecule is CCN1B([n+]2cccnc2C)c2ccccc2-c2ccccc2-c2ccccc21. The summed E-state index contributed by atoms with van der Waals surface area (Å²) in [5.74, 6) is 0.997. The van der Waals surface area contributed by atoms with Gasteiger partial charge in [-0.25, -0.2) is 0 Å². The van der Waals surface area contributed by atoms with Crippen molar-refractivity contribution in [3.8, 4) is 22.3 Å². The van der Waals surface area contributed by atoms with Crippen molar-refractivity contribution in [2.24, 2.45) is 0 Å². The van der Waals surface area contributed by atoms with Gasteiger partial charge in [0.25, 0.3) is 5.82 Å². The standard InChI is InChI=1S/C25H23BN3/c1-3-28-25-16-9-7-14-23(25)21-12-5-4-11-20(21)22-13-6-8-15-24(22)26(28)29-18-10-17-27-19(29)2/h4-18H,3H2,1-2H3/q+1. The predicted octanol–water partition coefficient (Wildman–Crippen LogP) is 4.09. The maximum atomic E-state index is 4.59. The number of rotatable bonds is 2. The molecule has 0 aliphatic carbocycles. The number of hydrogen-bond donors (Lipinski definition) is 0. The van der Waals surface area contributed by atoms with E-state index >= 15 is 0 Å². The van der Waals surface area contributed by atoms with E-state index in [1.54, 1.807) is 0 Å². The Hall–Kier alpha value is -3.40. The Morgan fingerprint density at radius 1 is 0.793 bits per heavy atom. The zero-order chi connectivity index (χ0) is 19.8. The van der Waals surface area contributed by atoms with E-state index in [4.69, 9.17) is 0 Å². The fourth-order valence-electron chi connectivity index (χ4n) is 4.53. The molecule has 1 aliphatic rings. The second-order valence-electron chi connectivity index (χ2n) is 7.38. The number of aryl methyl sites for hydroxylation is 1. The lowest BCUT2D eigenvalue weighted by Crippen LogP contribution is -2.70. The van der Waals surface area contributed by atoms with Crippen molar-refractivity contribution in [3.05, 3.63) is 97.1 Å². The molecule has 0 saturated heterocycles. The summed E-state index contributed by atoms with van der Waals surface area (Å²) in [6.45, 7) is 5.22. The van der Waals surface area contributed by atoms with E-state index in [-0.39, 0.29) is 6.98 Å². The molecule has 4 heteroatoms. The lowest BCUT2D eigenvalue weighted by Gasteiger charge is -2.33. The highest BCUT2D eigenvalue weighted by Gasteiger charge is 2.40. The molecular formula is C25H23BN3+. The first kappa shape index (κ1) is 17.7. The van der Waals surface area contributed by atoms with Crippen molar-refractivity contribution in [2.75, 3.05) is 11.4 Å². The molecule has 1 aliphatic heterocycles. The van der Waals surface area contributed by atoms with Gasteiger partial charge in [0.15, 0.2) is 0 Å². The van der Waals surface area contributed by atoms with Crippen LogP contribution in [0.1, 0.15) is 12.7 Å². The Morgan fingerprint density at radius 3 is 2.14 bits per heavy atom. The molecule has 2 heterocycles. The quantitative estimate of drug-likeness (QED) is 0.491. The van der Waals surface area contributed by atoms with Crippen molar-refractivity contribution >= 4 is 18.1 Å². The fraction of sp³-hybridized carbons (Fsp3) is 0.120. The van der Waals surface area contributed by atoms with Crippen LogP contribution in [-0.2, 0) is 0 Å². The summed E-state index contributed by atoms with van der Waals surface area (Å²) in [6, 6.07) is 28.3. The number of hydrogen-bond acceptors (Lipinski definition) is 2. The molecule has 3 nitrogen and oxygen atoms in total. The largest absolute Gasteiger partial charge is 0.537 e. The van der Waals surface area contributed by atoms with E-state index in [1.807, 2.05) is 12.3 Å². The van der Waals surface area contributed by atoms with E-state index in [0.29, 0.717) is 0 Å². The summed E-state index contributed by atoms with van der Waals surface area (Å²) in [5, 5.41) is 0. The molecular weight excluding hydrogens is 353 g/mol. The van der Waals surface area contributed by atoms with Gasteiger partial charge >= 0.3 is 6.98 Å². The molecule has 0 N–H and O–H groups in total. The third kappa shape index (κ3) is 2.83. The number of anilines is 1. The van der Waals surface area contributed by atoms with Crippen molar-refractivity contribution < 1.29 is 4.48 Å². The molecule has 0 bridgehead atoms. The van der Waals surface area contributed by atoms with Crippen molar-refractivity contribution in [1.82, 2.24) is 4.98 Å². The van der Waals surface area contributed by atoms with Crippen LogP contribution in [0.4, 0.5) is 5.69 Å². The van der Waals surface area contributed by atoms with Crippen LogP contribution in [0.3, 0.4) is 0 Å². The number of para-hydroxylation sites is 1. The smallest absolute Gasteiger partial charge is 0.370 e. The molecule has 0 spiro atoms. The van der Waals surface area contributed by atoms with Crippen LogP contribution in [0.15, 0.2) is 91.3 Å². The topological polar surface area (TPSA) is 20.0 Å². The predicted molar refractivity (Wildman–Crippen MR) is 120 cm³/mol. The van der Waals surface area contributed by atoms with Crippen LogP contribution in [0.5, 0.6) is 0 Å². The lowest BCUT2D eigenvalue weighted by molar-refractivity contribution is -0.547. The molecule has 0 amide bonds. The Morgan fingerprint density at radius 2 is 1.41 bits per heavy atom. The van der Waals surface area contributed by atoms with Crippen molar-refractivity contribution in [2.45, 2.75) is 13.8 Å². The van der Waals surface area contributed by atoms with Gasteiger partial charge < -0.3 is 4.81 Å². The summed E-state index contributed by atoms with van der Waals surface area (Å²) >= 11 is 0. The summed E-state index contributed by atoms with van der Waals surface area (Å²) < 4.78 is 2.28. The molecule has 0 unspecified atom stereocenters. The van der Waals surface area contributed by atoms with Gasteiger partial charge in [-0.15, -0.1) is 0 Å². The monoisotopic (exact) mass is 376 g/mol. The Bertz CT molecular complexity index is 1190. The van der Waals surface area contributed by atoms with Crippen LogP contribution in [0, 0.1) is 6.92 Å². The summed E-state index contributed by atoms with van der Waals surface area (Å²) in [5.41, 5.74) is 7.64. The maximum Gasteiger partial charge on any atom is 0.537 e. The molecule has 29 heavy (non-hydrogen) atoms. The first-order valence-electron chi connectivity index (χ1n) is 10.2. The third-order valence-corrected chi connectivity index (χ3v) is 5.83. The third-order valence-electron chi connectivity index (χ3n) is 5.83. The van der Waals surface area contributed by atoms with E-state index < -0.39 is 0 Å². The minimum Gasteiger partial charge on any atom is -0.370 e. The fourth-order valence-corrected chi connectivity index (χ4v) is 4.53.